The van der Waals surface area contributed by atoms with Crippen LogP contribution in [0.2, 0.25) is 10.0 Å². The van der Waals surface area contributed by atoms with Crippen molar-refractivity contribution in [1.82, 2.24) is 4.90 Å². The van der Waals surface area contributed by atoms with Crippen molar-refractivity contribution >= 4 is 35.0 Å². The van der Waals surface area contributed by atoms with Gasteiger partial charge in [0.05, 0.1) is 15.7 Å². The van der Waals surface area contributed by atoms with E-state index in [4.69, 9.17) is 33.7 Å². The second-order valence-corrected chi connectivity index (χ2v) is 7.19. The van der Waals surface area contributed by atoms with Gasteiger partial charge >= 0.3 is 6.09 Å². The Bertz CT molecular complexity index is 701. The van der Waals surface area contributed by atoms with Gasteiger partial charge in [-0.15, -0.1) is 0 Å². The molecule has 1 aromatic rings. The van der Waals surface area contributed by atoms with E-state index in [0.717, 1.165) is 32.5 Å². The number of rotatable bonds is 1. The van der Waals surface area contributed by atoms with Crippen molar-refractivity contribution in [3.63, 3.8) is 0 Å². The van der Waals surface area contributed by atoms with Crippen molar-refractivity contribution < 1.29 is 9.53 Å². The number of carbonyl (C=O) groups excluding carboxylic acids is 1. The number of nitrogens with two attached hydrogens (primary N) is 1. The first-order chi connectivity index (χ1) is 11.0. The first-order valence-electron chi connectivity index (χ1n) is 7.67. The number of amides is 1. The first-order valence-corrected chi connectivity index (χ1v) is 8.43. The van der Waals surface area contributed by atoms with Crippen molar-refractivity contribution in [1.29, 1.82) is 0 Å². The Morgan fingerprint density at radius 3 is 2.52 bits per heavy atom. The number of hydrogen-bond donors (Lipinski definition) is 1. The fourth-order valence-corrected chi connectivity index (χ4v) is 4.17. The first kappa shape index (κ1) is 15.1. The van der Waals surface area contributed by atoms with Gasteiger partial charge in [0, 0.05) is 18.5 Å². The number of piperidine rings is 3. The highest BCUT2D eigenvalue weighted by Crippen LogP contribution is 2.43. The summed E-state index contributed by atoms with van der Waals surface area (Å²) in [4.78, 5) is 16.3. The van der Waals surface area contributed by atoms with Gasteiger partial charge in [-0.2, -0.15) is 0 Å². The molecule has 3 saturated heterocycles. The van der Waals surface area contributed by atoms with Crippen molar-refractivity contribution in [3.05, 3.63) is 40.1 Å². The van der Waals surface area contributed by atoms with Crippen LogP contribution in [0.25, 0.3) is 0 Å². The average molecular weight is 354 g/mol. The molecule has 1 unspecified atom stereocenters. The molecule has 0 radical (unpaired) electrons. The van der Waals surface area contributed by atoms with Crippen molar-refractivity contribution in [2.75, 3.05) is 24.5 Å². The van der Waals surface area contributed by atoms with Gasteiger partial charge in [0.15, 0.2) is 5.60 Å². The van der Waals surface area contributed by atoms with Gasteiger partial charge < -0.3 is 10.5 Å². The number of anilines is 1. The summed E-state index contributed by atoms with van der Waals surface area (Å²) in [5.41, 5.74) is 6.18. The highest BCUT2D eigenvalue weighted by Gasteiger charge is 2.51. The maximum atomic E-state index is 12.6. The highest BCUT2D eigenvalue weighted by atomic mass is 35.5. The second-order valence-electron chi connectivity index (χ2n) is 6.38. The third kappa shape index (κ3) is 2.38. The Kier molecular flexibility index (Phi) is 3.48. The van der Waals surface area contributed by atoms with Gasteiger partial charge in [-0.25, -0.2) is 9.69 Å². The maximum absolute atomic E-state index is 12.6. The Morgan fingerprint density at radius 2 is 1.96 bits per heavy atom. The molecule has 3 fully saturated rings. The van der Waals surface area contributed by atoms with Crippen molar-refractivity contribution in [2.45, 2.75) is 18.4 Å². The van der Waals surface area contributed by atoms with Crippen LogP contribution in [-0.2, 0) is 4.74 Å². The number of nitrogens with zero attached hydrogens (tertiary/aromatic N) is 2. The molecule has 4 heterocycles. The molecule has 0 aromatic heterocycles. The lowest BCUT2D eigenvalue weighted by molar-refractivity contribution is -0.0860. The Balaban J connectivity index is 1.70. The zero-order chi connectivity index (χ0) is 16.2. The van der Waals surface area contributed by atoms with E-state index in [9.17, 15) is 4.79 Å². The molecule has 0 saturated carbocycles. The molecular formula is C16H17Cl2N3O2. The number of fused-ring (bicyclic) bond motifs is 2. The summed E-state index contributed by atoms with van der Waals surface area (Å²) in [5.74, 6) is 0.722. The van der Waals surface area contributed by atoms with E-state index in [0.29, 0.717) is 27.5 Å². The molecular weight excluding hydrogens is 337 g/mol. The fourth-order valence-electron chi connectivity index (χ4n) is 3.87. The van der Waals surface area contributed by atoms with Crippen LogP contribution in [-0.4, -0.2) is 36.2 Å². The van der Waals surface area contributed by atoms with E-state index in [1.807, 2.05) is 6.08 Å². The number of halogens is 2. The minimum Gasteiger partial charge on any atom is -0.436 e. The molecule has 1 aromatic carbocycles. The molecule has 5 rings (SSSR count). The summed E-state index contributed by atoms with van der Waals surface area (Å²) in [7, 11) is 0. The van der Waals surface area contributed by atoms with Crippen LogP contribution in [0.15, 0.2) is 30.1 Å². The average Bonchev–Trinajstić information content (AvgIpc) is 2.51. The lowest BCUT2D eigenvalue weighted by atomic mass is 9.74. The van der Waals surface area contributed by atoms with Crippen molar-refractivity contribution in [2.24, 2.45) is 11.7 Å². The summed E-state index contributed by atoms with van der Waals surface area (Å²) in [6, 6.07) is 4.95. The van der Waals surface area contributed by atoms with Gasteiger partial charge in [-0.05, 0) is 44.1 Å². The molecule has 2 N–H and O–H groups in total. The lowest BCUT2D eigenvalue weighted by Gasteiger charge is -2.52. The lowest BCUT2D eigenvalue weighted by Crippen LogP contribution is -2.63. The summed E-state index contributed by atoms with van der Waals surface area (Å²) in [5, 5.41) is 0.796. The largest absolute Gasteiger partial charge is 0.436 e. The molecule has 4 aliphatic rings. The summed E-state index contributed by atoms with van der Waals surface area (Å²) < 4.78 is 5.87. The van der Waals surface area contributed by atoms with Crippen LogP contribution in [0.4, 0.5) is 10.5 Å². The van der Waals surface area contributed by atoms with Gasteiger partial charge in [0.2, 0.25) is 0 Å². The van der Waals surface area contributed by atoms with E-state index >= 15 is 0 Å². The van der Waals surface area contributed by atoms with Crippen molar-refractivity contribution in [3.8, 4) is 0 Å². The predicted octanol–water partition coefficient (Wildman–Crippen LogP) is 3.21. The third-order valence-corrected chi connectivity index (χ3v) is 5.76. The van der Waals surface area contributed by atoms with Gasteiger partial charge in [-0.3, -0.25) is 4.90 Å². The Morgan fingerprint density at radius 1 is 1.22 bits per heavy atom. The summed E-state index contributed by atoms with van der Waals surface area (Å²) >= 11 is 12.0. The molecule has 1 spiro atoms. The summed E-state index contributed by atoms with van der Waals surface area (Å²) in [6.07, 6.45) is 3.50. The topological polar surface area (TPSA) is 58.8 Å². The van der Waals surface area contributed by atoms with E-state index in [1.54, 1.807) is 18.2 Å². The SMILES string of the molecule is NC1=CC2(CN3CCC2CC3)OC(=O)N1c1ccc(Cl)c(Cl)c1. The zero-order valence-electron chi connectivity index (χ0n) is 12.5. The van der Waals surface area contributed by atoms with Crippen LogP contribution in [0, 0.1) is 5.92 Å². The third-order valence-electron chi connectivity index (χ3n) is 5.02. The molecule has 4 aliphatic heterocycles. The second kappa shape index (κ2) is 5.30. The molecule has 7 heteroatoms. The van der Waals surface area contributed by atoms with E-state index in [1.165, 1.54) is 4.90 Å². The van der Waals surface area contributed by atoms with E-state index in [-0.39, 0.29) is 0 Å². The van der Waals surface area contributed by atoms with Crippen LogP contribution in [0.5, 0.6) is 0 Å². The predicted molar refractivity (Wildman–Crippen MR) is 89.6 cm³/mol. The molecule has 2 bridgehead atoms. The zero-order valence-corrected chi connectivity index (χ0v) is 14.0. The van der Waals surface area contributed by atoms with Gasteiger partial charge in [0.1, 0.15) is 5.82 Å². The standard InChI is InChI=1S/C16H17Cl2N3O2/c17-12-2-1-11(7-13(12)18)21-14(19)8-16(23-15(21)22)9-20-5-3-10(16)4-6-20/h1-2,7-8,10H,3-6,9,19H2. The normalized spacial score (nSPS) is 32.9. The van der Waals surface area contributed by atoms with Crippen LogP contribution in [0.3, 0.4) is 0 Å². The smallest absolute Gasteiger partial charge is 0.421 e. The Hall–Kier alpha value is -1.43. The maximum Gasteiger partial charge on any atom is 0.421 e. The molecule has 1 atom stereocenters. The quantitative estimate of drug-likeness (QED) is 0.841. The Labute approximate surface area is 144 Å². The fraction of sp³-hybridized carbons (Fsp3) is 0.438. The van der Waals surface area contributed by atoms with Crippen LogP contribution >= 0.6 is 23.2 Å². The summed E-state index contributed by atoms with van der Waals surface area (Å²) in [6.45, 7) is 2.85. The van der Waals surface area contributed by atoms with Gasteiger partial charge in [-0.1, -0.05) is 23.2 Å². The number of carbonyl (C=O) groups is 1. The minimum atomic E-state index is -0.593. The minimum absolute atomic E-state index is 0.339. The molecule has 0 aliphatic carbocycles. The van der Waals surface area contributed by atoms with Crippen LogP contribution in [0.1, 0.15) is 12.8 Å². The molecule has 23 heavy (non-hydrogen) atoms. The van der Waals surface area contributed by atoms with Crippen LogP contribution < -0.4 is 10.6 Å². The monoisotopic (exact) mass is 353 g/mol. The van der Waals surface area contributed by atoms with E-state index in [2.05, 4.69) is 4.90 Å². The van der Waals surface area contributed by atoms with Gasteiger partial charge in [0.25, 0.3) is 0 Å². The number of benzene rings is 1. The number of ether oxygens (including phenoxy) is 1. The highest BCUT2D eigenvalue weighted by molar-refractivity contribution is 6.42. The molecule has 1 amide bonds. The molecule has 5 nitrogen and oxygen atoms in total. The van der Waals surface area contributed by atoms with E-state index < -0.39 is 11.7 Å². The number of hydrogen-bond acceptors (Lipinski definition) is 4. The molecule has 122 valence electrons.